The van der Waals surface area contributed by atoms with E-state index in [-0.39, 0.29) is 22.8 Å². The molecule has 0 aromatic carbocycles. The molecular weight excluding hydrogens is 402 g/mol. The summed E-state index contributed by atoms with van der Waals surface area (Å²) < 4.78 is 5.55. The number of nitrogens with zero attached hydrogens (tertiary/aromatic N) is 4. The van der Waals surface area contributed by atoms with E-state index in [1.165, 1.54) is 0 Å². The molecule has 1 aliphatic heterocycles. The molecule has 8 heteroatoms. The highest BCUT2D eigenvalue weighted by molar-refractivity contribution is 6.34. The Labute approximate surface area is 183 Å². The van der Waals surface area contributed by atoms with Crippen molar-refractivity contribution in [1.29, 1.82) is 0 Å². The summed E-state index contributed by atoms with van der Waals surface area (Å²) in [6.07, 6.45) is 4.69. The molecule has 7 nitrogen and oxygen atoms in total. The van der Waals surface area contributed by atoms with Crippen LogP contribution in [0, 0.1) is 25.7 Å². The first kappa shape index (κ1) is 22.3. The van der Waals surface area contributed by atoms with E-state index < -0.39 is 0 Å². The van der Waals surface area contributed by atoms with Crippen LogP contribution in [0.25, 0.3) is 0 Å². The number of fused-ring (bicyclic) bond motifs is 1. The van der Waals surface area contributed by atoms with Crippen molar-refractivity contribution in [2.45, 2.75) is 53.5 Å². The molecule has 0 saturated heterocycles. The SMILES string of the molecule is CCC(CC)CC1CN(Cc2ncc(C)c(OC)c2C)c2nc(N)nc(Cl)c2C1=O. The molecule has 0 spiro atoms. The van der Waals surface area contributed by atoms with Crippen molar-refractivity contribution < 1.29 is 9.53 Å². The average Bonchev–Trinajstić information content (AvgIpc) is 2.70. The second-order valence-electron chi connectivity index (χ2n) is 7.98. The smallest absolute Gasteiger partial charge is 0.223 e. The zero-order valence-electron chi connectivity index (χ0n) is 18.3. The van der Waals surface area contributed by atoms with E-state index in [1.54, 1.807) is 13.3 Å². The highest BCUT2D eigenvalue weighted by Gasteiger charge is 2.37. The first-order valence-electron chi connectivity index (χ1n) is 10.4. The third-order valence-corrected chi connectivity index (χ3v) is 6.36. The molecule has 0 fully saturated rings. The Balaban J connectivity index is 2.03. The predicted octanol–water partition coefficient (Wildman–Crippen LogP) is 4.38. The molecule has 0 saturated carbocycles. The summed E-state index contributed by atoms with van der Waals surface area (Å²) in [5, 5.41) is 0.118. The van der Waals surface area contributed by atoms with Crippen LogP contribution in [0.5, 0.6) is 5.75 Å². The number of hydrogen-bond acceptors (Lipinski definition) is 7. The van der Waals surface area contributed by atoms with Crippen molar-refractivity contribution in [2.24, 2.45) is 11.8 Å². The number of halogens is 1. The largest absolute Gasteiger partial charge is 0.496 e. The predicted molar refractivity (Wildman–Crippen MR) is 119 cm³/mol. The number of ketones is 1. The number of pyridine rings is 1. The topological polar surface area (TPSA) is 94.2 Å². The van der Waals surface area contributed by atoms with Crippen molar-refractivity contribution in [3.05, 3.63) is 33.7 Å². The van der Waals surface area contributed by atoms with Crippen molar-refractivity contribution in [2.75, 3.05) is 24.3 Å². The van der Waals surface area contributed by atoms with Gasteiger partial charge in [-0.25, -0.2) is 4.98 Å². The number of aryl methyl sites for hydroxylation is 1. The van der Waals surface area contributed by atoms with Crippen LogP contribution in [0.15, 0.2) is 6.20 Å². The summed E-state index contributed by atoms with van der Waals surface area (Å²) in [4.78, 5) is 28.3. The van der Waals surface area contributed by atoms with Crippen molar-refractivity contribution in [1.82, 2.24) is 15.0 Å². The second-order valence-corrected chi connectivity index (χ2v) is 8.34. The van der Waals surface area contributed by atoms with Crippen LogP contribution < -0.4 is 15.4 Å². The van der Waals surface area contributed by atoms with Gasteiger partial charge in [0.25, 0.3) is 0 Å². The normalized spacial score (nSPS) is 16.2. The summed E-state index contributed by atoms with van der Waals surface area (Å²) in [6.45, 7) is 9.32. The molecule has 1 atom stereocenters. The number of methoxy groups -OCH3 is 1. The third kappa shape index (κ3) is 4.21. The molecule has 0 aliphatic carbocycles. The van der Waals surface area contributed by atoms with E-state index in [0.717, 1.165) is 41.8 Å². The van der Waals surface area contributed by atoms with Gasteiger partial charge in [-0.1, -0.05) is 38.3 Å². The maximum Gasteiger partial charge on any atom is 0.223 e. The number of hydrogen-bond donors (Lipinski definition) is 1. The van der Waals surface area contributed by atoms with Gasteiger partial charge in [-0.3, -0.25) is 9.78 Å². The summed E-state index contributed by atoms with van der Waals surface area (Å²) in [5.41, 5.74) is 9.04. The van der Waals surface area contributed by atoms with Gasteiger partial charge >= 0.3 is 0 Å². The van der Waals surface area contributed by atoms with Crippen LogP contribution in [-0.2, 0) is 6.54 Å². The number of ether oxygens (including phenoxy) is 1. The van der Waals surface area contributed by atoms with Crippen LogP contribution >= 0.6 is 11.6 Å². The summed E-state index contributed by atoms with van der Waals surface area (Å²) in [7, 11) is 1.66. The number of Topliss-reactive ketones (excluding diaryl/α,β-unsaturated/α-hetero) is 1. The minimum absolute atomic E-state index is 0.00400. The van der Waals surface area contributed by atoms with Gasteiger partial charge in [0.15, 0.2) is 5.78 Å². The molecule has 0 radical (unpaired) electrons. The molecule has 30 heavy (non-hydrogen) atoms. The van der Waals surface area contributed by atoms with E-state index in [9.17, 15) is 4.79 Å². The fourth-order valence-corrected chi connectivity index (χ4v) is 4.54. The van der Waals surface area contributed by atoms with Crippen LogP contribution in [0.4, 0.5) is 11.8 Å². The zero-order chi connectivity index (χ0) is 22.0. The van der Waals surface area contributed by atoms with Gasteiger partial charge in [0.2, 0.25) is 5.95 Å². The van der Waals surface area contributed by atoms with E-state index in [0.29, 0.717) is 30.4 Å². The highest BCUT2D eigenvalue weighted by Crippen LogP contribution is 2.37. The number of rotatable bonds is 7. The van der Waals surface area contributed by atoms with Gasteiger partial charge in [-0.05, 0) is 26.2 Å². The first-order valence-corrected chi connectivity index (χ1v) is 10.8. The number of carbonyl (C=O) groups excluding carboxylic acids is 1. The Kier molecular flexibility index (Phi) is 6.81. The lowest BCUT2D eigenvalue weighted by molar-refractivity contribution is 0.0892. The summed E-state index contributed by atoms with van der Waals surface area (Å²) in [5.74, 6) is 1.68. The Bertz CT molecular complexity index is 946. The standard InChI is InChI=1S/C22H30ClN5O2/c1-6-14(7-2)8-15-10-28(11-16-13(4)19(30-5)12(3)9-25-16)21-17(18(15)29)20(23)26-22(24)27-21/h9,14-15H,6-8,10-11H2,1-5H3,(H2,24,26,27). The Hall–Kier alpha value is -2.41. The molecule has 1 aliphatic rings. The van der Waals surface area contributed by atoms with Gasteiger partial charge < -0.3 is 15.4 Å². The molecule has 3 rings (SSSR count). The first-order chi connectivity index (χ1) is 14.3. The molecular formula is C22H30ClN5O2. The van der Waals surface area contributed by atoms with Crippen LogP contribution in [0.3, 0.4) is 0 Å². The van der Waals surface area contributed by atoms with E-state index in [1.807, 2.05) is 13.8 Å². The fourth-order valence-electron chi connectivity index (χ4n) is 4.28. The van der Waals surface area contributed by atoms with Gasteiger partial charge in [0.1, 0.15) is 16.7 Å². The number of nitrogen functional groups attached to an aromatic ring is 1. The lowest BCUT2D eigenvalue weighted by atomic mass is 9.83. The van der Waals surface area contributed by atoms with E-state index >= 15 is 0 Å². The molecule has 2 N–H and O–H groups in total. The van der Waals surface area contributed by atoms with Gasteiger partial charge in [-0.15, -0.1) is 0 Å². The quantitative estimate of drug-likeness (QED) is 0.650. The van der Waals surface area contributed by atoms with E-state index in [4.69, 9.17) is 22.1 Å². The van der Waals surface area contributed by atoms with Gasteiger partial charge in [0, 0.05) is 29.8 Å². The maximum atomic E-state index is 13.3. The molecule has 1 unspecified atom stereocenters. The van der Waals surface area contributed by atoms with Crippen LogP contribution in [0.2, 0.25) is 5.15 Å². The molecule has 3 heterocycles. The summed E-state index contributed by atoms with van der Waals surface area (Å²) >= 11 is 6.37. The number of anilines is 2. The Morgan fingerprint density at radius 1 is 1.30 bits per heavy atom. The number of nitrogens with two attached hydrogens (primary N) is 1. The fraction of sp³-hybridized carbons (Fsp3) is 0.545. The summed E-state index contributed by atoms with van der Waals surface area (Å²) in [6, 6.07) is 0. The van der Waals surface area contributed by atoms with Crippen molar-refractivity contribution in [3.63, 3.8) is 0 Å². The third-order valence-electron chi connectivity index (χ3n) is 6.08. The highest BCUT2D eigenvalue weighted by atomic mass is 35.5. The molecule has 0 amide bonds. The van der Waals surface area contributed by atoms with Crippen LogP contribution in [-0.4, -0.2) is 34.4 Å². The van der Waals surface area contributed by atoms with Crippen molar-refractivity contribution >= 4 is 29.2 Å². The molecule has 0 bridgehead atoms. The number of aromatic nitrogens is 3. The maximum absolute atomic E-state index is 13.3. The lowest BCUT2D eigenvalue weighted by Gasteiger charge is -2.35. The monoisotopic (exact) mass is 431 g/mol. The average molecular weight is 432 g/mol. The van der Waals surface area contributed by atoms with Gasteiger partial charge in [0.05, 0.1) is 24.9 Å². The molecule has 2 aromatic rings. The molecule has 162 valence electrons. The number of carbonyl (C=O) groups is 1. The van der Waals surface area contributed by atoms with E-state index in [2.05, 4.69) is 33.7 Å². The lowest BCUT2D eigenvalue weighted by Crippen LogP contribution is -2.41. The van der Waals surface area contributed by atoms with Crippen molar-refractivity contribution in [3.8, 4) is 5.75 Å². The van der Waals surface area contributed by atoms with Gasteiger partial charge in [-0.2, -0.15) is 4.98 Å². The minimum Gasteiger partial charge on any atom is -0.496 e. The minimum atomic E-state index is -0.167. The van der Waals surface area contributed by atoms with Crippen LogP contribution in [0.1, 0.15) is 60.3 Å². The Morgan fingerprint density at radius 3 is 2.63 bits per heavy atom. The Morgan fingerprint density at radius 2 is 2.00 bits per heavy atom. The molecule has 2 aromatic heterocycles. The zero-order valence-corrected chi connectivity index (χ0v) is 19.1. The second kappa shape index (κ2) is 9.16.